The van der Waals surface area contributed by atoms with Crippen LogP contribution in [0.1, 0.15) is 56.0 Å². The molecule has 0 radical (unpaired) electrons. The largest absolute Gasteiger partial charge is 0.508 e. The second-order valence-corrected chi connectivity index (χ2v) is 11.5. The number of hydrogen-bond donors (Lipinski definition) is 2. The molecule has 3 amide bonds. The number of urea groups is 1. The summed E-state index contributed by atoms with van der Waals surface area (Å²) in [7, 11) is 1.42. The van der Waals surface area contributed by atoms with Crippen molar-refractivity contribution in [2.24, 2.45) is 5.92 Å². The van der Waals surface area contributed by atoms with Gasteiger partial charge in [0.1, 0.15) is 17.3 Å². The van der Waals surface area contributed by atoms with Gasteiger partial charge in [0.15, 0.2) is 11.6 Å². The quantitative estimate of drug-likeness (QED) is 0.443. The number of aromatic nitrogens is 1. The number of nitrogens with one attached hydrogen (secondary N) is 1. The Hall–Kier alpha value is -3.59. The van der Waals surface area contributed by atoms with Crippen LogP contribution in [0, 0.1) is 11.7 Å². The third kappa shape index (κ3) is 4.06. The molecule has 2 saturated heterocycles. The maximum Gasteiger partial charge on any atom is 0.328 e. The van der Waals surface area contributed by atoms with Crippen LogP contribution in [0.25, 0.3) is 10.9 Å². The first kappa shape index (κ1) is 25.7. The summed E-state index contributed by atoms with van der Waals surface area (Å²) in [5, 5.41) is 10.7. The van der Waals surface area contributed by atoms with Crippen molar-refractivity contribution < 1.29 is 23.8 Å². The van der Waals surface area contributed by atoms with Crippen molar-refractivity contribution in [1.82, 2.24) is 19.7 Å². The van der Waals surface area contributed by atoms with Crippen molar-refractivity contribution in [3.8, 4) is 11.5 Å². The van der Waals surface area contributed by atoms with Crippen LogP contribution in [0.2, 0.25) is 0 Å². The molecule has 0 aliphatic carbocycles. The predicted octanol–water partition coefficient (Wildman–Crippen LogP) is 4.81. The van der Waals surface area contributed by atoms with Gasteiger partial charge in [-0.1, -0.05) is 19.1 Å². The lowest BCUT2D eigenvalue weighted by atomic mass is 9.81. The van der Waals surface area contributed by atoms with Gasteiger partial charge < -0.3 is 19.7 Å². The molecule has 0 saturated carbocycles. The molecule has 39 heavy (non-hydrogen) atoms. The van der Waals surface area contributed by atoms with E-state index in [1.807, 2.05) is 6.07 Å². The lowest BCUT2D eigenvalue weighted by Crippen LogP contribution is -2.53. The Balaban J connectivity index is 1.39. The lowest BCUT2D eigenvalue weighted by molar-refractivity contribution is -0.133. The fourth-order valence-corrected chi connectivity index (χ4v) is 6.68. The molecular weight excluding hydrogens is 499 g/mol. The summed E-state index contributed by atoms with van der Waals surface area (Å²) in [5.74, 6) is 0.146. The zero-order chi connectivity index (χ0) is 27.5. The van der Waals surface area contributed by atoms with Crippen LogP contribution in [-0.2, 0) is 11.2 Å². The highest BCUT2D eigenvalue weighted by Gasteiger charge is 2.60. The number of benzene rings is 2. The average molecular weight is 535 g/mol. The number of fused-ring (bicyclic) bond motifs is 4. The first-order valence-corrected chi connectivity index (χ1v) is 13.8. The van der Waals surface area contributed by atoms with Gasteiger partial charge in [0, 0.05) is 29.6 Å². The normalized spacial score (nSPS) is 23.9. The summed E-state index contributed by atoms with van der Waals surface area (Å²) in [4.78, 5) is 36.7. The Bertz CT molecular complexity index is 1450. The molecule has 2 aromatic carbocycles. The smallest absolute Gasteiger partial charge is 0.328 e. The van der Waals surface area contributed by atoms with Gasteiger partial charge in [0.2, 0.25) is 0 Å². The zero-order valence-electron chi connectivity index (χ0n) is 22.7. The molecular formula is C30H35FN4O4. The summed E-state index contributed by atoms with van der Waals surface area (Å²) < 4.78 is 20.8. The van der Waals surface area contributed by atoms with E-state index >= 15 is 4.39 Å². The van der Waals surface area contributed by atoms with Crippen LogP contribution in [0.3, 0.4) is 0 Å². The number of halogens is 1. The number of piperidine rings is 1. The van der Waals surface area contributed by atoms with Gasteiger partial charge in [0.25, 0.3) is 5.91 Å². The van der Waals surface area contributed by atoms with Gasteiger partial charge in [-0.05, 0) is 87.1 Å². The molecule has 2 unspecified atom stereocenters. The maximum absolute atomic E-state index is 15.6. The number of phenolic OH excluding ortho intramolecular Hbond substituents is 1. The number of imide groups is 1. The molecule has 8 nitrogen and oxygen atoms in total. The number of hydrogen-bond acceptors (Lipinski definition) is 5. The van der Waals surface area contributed by atoms with Crippen molar-refractivity contribution in [2.75, 3.05) is 33.3 Å². The summed E-state index contributed by atoms with van der Waals surface area (Å²) in [6.45, 7) is 7.31. The minimum atomic E-state index is -1.20. The van der Waals surface area contributed by atoms with Crippen molar-refractivity contribution in [3.63, 3.8) is 0 Å². The van der Waals surface area contributed by atoms with Crippen molar-refractivity contribution in [1.29, 1.82) is 0 Å². The number of H-pyrrole nitrogens is 1. The summed E-state index contributed by atoms with van der Waals surface area (Å²) in [6, 6.07) is 8.95. The van der Waals surface area contributed by atoms with Crippen LogP contribution in [-0.4, -0.2) is 75.6 Å². The van der Waals surface area contributed by atoms with Gasteiger partial charge >= 0.3 is 6.03 Å². The fraction of sp³-hybridized carbons (Fsp3) is 0.467. The Labute approximate surface area is 227 Å². The number of nitrogens with zero attached hydrogens (tertiary/aromatic N) is 3. The molecule has 3 aliphatic rings. The Morgan fingerprint density at radius 3 is 2.64 bits per heavy atom. The van der Waals surface area contributed by atoms with Gasteiger partial charge in [0.05, 0.1) is 7.11 Å². The van der Waals surface area contributed by atoms with Crippen LogP contribution < -0.4 is 4.74 Å². The Kier molecular flexibility index (Phi) is 6.29. The first-order valence-electron chi connectivity index (χ1n) is 13.8. The molecule has 2 N–H and O–H groups in total. The second-order valence-electron chi connectivity index (χ2n) is 11.5. The maximum atomic E-state index is 15.6. The van der Waals surface area contributed by atoms with Crippen LogP contribution >= 0.6 is 0 Å². The molecule has 3 aliphatic heterocycles. The van der Waals surface area contributed by atoms with E-state index in [4.69, 9.17) is 4.74 Å². The number of methoxy groups -OCH3 is 1. The predicted molar refractivity (Wildman–Crippen MR) is 145 cm³/mol. The van der Waals surface area contributed by atoms with E-state index in [0.29, 0.717) is 40.7 Å². The number of aromatic hydroxyl groups is 1. The SMILES string of the molecule is COc1ccc2[nH]c3c(c2c1F)CC1(C)C(=O)N(CCCN2CCC(C)CC2)C(=O)N1C3c1cccc(O)c1. The van der Waals surface area contributed by atoms with E-state index in [9.17, 15) is 14.7 Å². The molecule has 4 heterocycles. The zero-order valence-corrected chi connectivity index (χ0v) is 22.7. The lowest BCUT2D eigenvalue weighted by Gasteiger charge is -2.42. The highest BCUT2D eigenvalue weighted by Crippen LogP contribution is 2.49. The molecule has 2 fully saturated rings. The number of rotatable bonds is 6. The number of amides is 3. The molecule has 6 rings (SSSR count). The number of carbonyl (C=O) groups excluding carboxylic acids is 2. The molecule has 206 valence electrons. The first-order chi connectivity index (χ1) is 18.7. The number of aromatic amines is 1. The van der Waals surface area contributed by atoms with Gasteiger partial charge in [-0.2, -0.15) is 0 Å². The second kappa shape index (κ2) is 9.55. The van der Waals surface area contributed by atoms with Crippen molar-refractivity contribution >= 4 is 22.8 Å². The number of phenols is 1. The summed E-state index contributed by atoms with van der Waals surface area (Å²) in [6.07, 6.45) is 3.22. The molecule has 9 heteroatoms. The van der Waals surface area contributed by atoms with Crippen molar-refractivity contribution in [2.45, 2.75) is 51.1 Å². The number of ether oxygens (including phenoxy) is 1. The number of carbonyl (C=O) groups is 2. The van der Waals surface area contributed by atoms with E-state index in [2.05, 4.69) is 16.8 Å². The Morgan fingerprint density at radius 1 is 1.15 bits per heavy atom. The third-order valence-corrected chi connectivity index (χ3v) is 8.87. The molecule has 0 spiro atoms. The highest BCUT2D eigenvalue weighted by molar-refractivity contribution is 6.08. The summed E-state index contributed by atoms with van der Waals surface area (Å²) >= 11 is 0. The van der Waals surface area contributed by atoms with Gasteiger partial charge in [-0.15, -0.1) is 0 Å². The third-order valence-electron chi connectivity index (χ3n) is 8.87. The topological polar surface area (TPSA) is 89.1 Å². The Morgan fingerprint density at radius 2 is 1.92 bits per heavy atom. The molecule has 0 bridgehead atoms. The highest BCUT2D eigenvalue weighted by atomic mass is 19.1. The van der Waals surface area contributed by atoms with E-state index in [1.165, 1.54) is 24.9 Å². The van der Waals surface area contributed by atoms with E-state index < -0.39 is 17.4 Å². The average Bonchev–Trinajstić information content (AvgIpc) is 3.37. The van der Waals surface area contributed by atoms with Crippen molar-refractivity contribution in [3.05, 3.63) is 59.0 Å². The minimum Gasteiger partial charge on any atom is -0.508 e. The van der Waals surface area contributed by atoms with Gasteiger partial charge in [-0.3, -0.25) is 14.6 Å². The van der Waals surface area contributed by atoms with Crippen LogP contribution in [0.15, 0.2) is 36.4 Å². The summed E-state index contributed by atoms with van der Waals surface area (Å²) in [5.41, 5.74) is 1.31. The minimum absolute atomic E-state index is 0.0518. The molecule has 2 atom stereocenters. The molecule has 1 aromatic heterocycles. The van der Waals surface area contributed by atoms with E-state index in [-0.39, 0.29) is 29.9 Å². The number of likely N-dealkylation sites (tertiary alicyclic amines) is 1. The van der Waals surface area contributed by atoms with E-state index in [1.54, 1.807) is 42.2 Å². The van der Waals surface area contributed by atoms with Gasteiger partial charge in [-0.25, -0.2) is 9.18 Å². The van der Waals surface area contributed by atoms with E-state index in [0.717, 1.165) is 25.6 Å². The fourth-order valence-electron chi connectivity index (χ4n) is 6.68. The van der Waals surface area contributed by atoms with Crippen LogP contribution in [0.4, 0.5) is 9.18 Å². The van der Waals surface area contributed by atoms with Crippen LogP contribution in [0.5, 0.6) is 11.5 Å². The molecule has 3 aromatic rings. The standard InChI is InChI=1S/C30H35FN4O4/c1-18-10-14-33(15-11-18)12-5-13-34-28(37)30(2)17-21-24-22(8-9-23(39-3)25(24)31)32-26(21)27(35(30)29(34)38)19-6-4-7-20(36)16-19/h4,6-9,16,18,27,32,36H,5,10-15,17H2,1-3H3. The monoisotopic (exact) mass is 534 g/mol.